The zero-order valence-electron chi connectivity index (χ0n) is 9.73. The number of aromatic nitrogens is 4. The quantitative estimate of drug-likeness (QED) is 0.645. The molecule has 0 aliphatic heterocycles. The van der Waals surface area contributed by atoms with Crippen LogP contribution in [0.25, 0.3) is 17.0 Å². The molecule has 0 aliphatic rings. The van der Waals surface area contributed by atoms with Crippen molar-refractivity contribution in [3.8, 4) is 11.4 Å². The highest BCUT2D eigenvalue weighted by Gasteiger charge is 2.13. The van der Waals surface area contributed by atoms with Crippen LogP contribution in [-0.2, 0) is 0 Å². The molecular formula is C12H7Cl2FN4. The summed E-state index contributed by atoms with van der Waals surface area (Å²) in [5.41, 5.74) is 0.797. The fourth-order valence-electron chi connectivity index (χ4n) is 1.78. The summed E-state index contributed by atoms with van der Waals surface area (Å²) in [5, 5.41) is 4.86. The predicted molar refractivity (Wildman–Crippen MR) is 70.9 cm³/mol. The maximum Gasteiger partial charge on any atom is 0.185 e. The molecule has 0 bridgehead atoms. The molecule has 0 fully saturated rings. The van der Waals surface area contributed by atoms with Crippen molar-refractivity contribution in [2.45, 2.75) is 6.92 Å². The molecule has 0 unspecified atom stereocenters. The molecule has 3 aromatic rings. The monoisotopic (exact) mass is 296 g/mol. The Hall–Kier alpha value is -1.72. The van der Waals surface area contributed by atoms with Crippen LogP contribution in [-0.4, -0.2) is 19.6 Å². The lowest BCUT2D eigenvalue weighted by molar-refractivity contribution is 0.630. The van der Waals surface area contributed by atoms with Crippen LogP contribution in [0, 0.1) is 12.7 Å². The highest BCUT2D eigenvalue weighted by atomic mass is 35.5. The van der Waals surface area contributed by atoms with Crippen LogP contribution >= 0.6 is 23.2 Å². The van der Waals surface area contributed by atoms with Crippen LogP contribution < -0.4 is 0 Å². The predicted octanol–water partition coefficient (Wildman–Crippen LogP) is 3.55. The summed E-state index contributed by atoms with van der Waals surface area (Å²) in [4.78, 5) is 8.30. The number of hydrogen-bond donors (Lipinski definition) is 0. The van der Waals surface area contributed by atoms with Gasteiger partial charge in [0.2, 0.25) is 0 Å². The molecule has 0 amide bonds. The minimum atomic E-state index is -0.472. The van der Waals surface area contributed by atoms with E-state index < -0.39 is 5.82 Å². The lowest BCUT2D eigenvalue weighted by atomic mass is 10.2. The van der Waals surface area contributed by atoms with Crippen LogP contribution in [0.3, 0.4) is 0 Å². The maximum atomic E-state index is 13.8. The van der Waals surface area contributed by atoms with Gasteiger partial charge >= 0.3 is 0 Å². The van der Waals surface area contributed by atoms with Gasteiger partial charge in [0.15, 0.2) is 11.5 Å². The molecule has 4 nitrogen and oxygen atoms in total. The number of halogens is 3. The summed E-state index contributed by atoms with van der Waals surface area (Å²) in [5.74, 6) is 0.372. The van der Waals surface area contributed by atoms with E-state index in [0.717, 1.165) is 0 Å². The lowest BCUT2D eigenvalue weighted by Gasteiger charge is -1.98. The van der Waals surface area contributed by atoms with Crippen molar-refractivity contribution in [1.82, 2.24) is 19.6 Å². The molecule has 0 spiro atoms. The third-order valence-electron chi connectivity index (χ3n) is 2.63. The Morgan fingerprint density at radius 3 is 2.68 bits per heavy atom. The van der Waals surface area contributed by atoms with Gasteiger partial charge in [-0.15, -0.1) is 5.10 Å². The van der Waals surface area contributed by atoms with Gasteiger partial charge in [0.1, 0.15) is 16.8 Å². The van der Waals surface area contributed by atoms with Crippen LogP contribution in [0.5, 0.6) is 0 Å². The molecule has 2 heterocycles. The fraction of sp³-hybridized carbons (Fsp3) is 0.0833. The summed E-state index contributed by atoms with van der Waals surface area (Å²) >= 11 is 11.6. The van der Waals surface area contributed by atoms with E-state index >= 15 is 0 Å². The molecule has 3 rings (SSSR count). The zero-order valence-corrected chi connectivity index (χ0v) is 11.2. The van der Waals surface area contributed by atoms with Gasteiger partial charge in [0.25, 0.3) is 0 Å². The summed E-state index contributed by atoms with van der Waals surface area (Å²) < 4.78 is 15.3. The SMILES string of the molecule is Cc1nc(Cl)cc2nc(-c3ccc(Cl)cc3F)nn12. The molecule has 2 aromatic heterocycles. The molecular weight excluding hydrogens is 290 g/mol. The van der Waals surface area contributed by atoms with Gasteiger partial charge in [0.05, 0.1) is 5.56 Å². The second-order valence-electron chi connectivity index (χ2n) is 3.96. The molecule has 0 saturated carbocycles. The Morgan fingerprint density at radius 1 is 1.16 bits per heavy atom. The van der Waals surface area contributed by atoms with Gasteiger partial charge < -0.3 is 0 Å². The van der Waals surface area contributed by atoms with Crippen molar-refractivity contribution in [3.63, 3.8) is 0 Å². The van der Waals surface area contributed by atoms with Crippen molar-refractivity contribution in [2.24, 2.45) is 0 Å². The summed E-state index contributed by atoms with van der Waals surface area (Å²) in [7, 11) is 0. The fourth-order valence-corrected chi connectivity index (χ4v) is 2.16. The van der Waals surface area contributed by atoms with E-state index in [1.54, 1.807) is 19.1 Å². The van der Waals surface area contributed by atoms with E-state index in [1.807, 2.05) is 0 Å². The minimum absolute atomic E-state index is 0.265. The number of benzene rings is 1. The van der Waals surface area contributed by atoms with Crippen molar-refractivity contribution >= 4 is 28.8 Å². The molecule has 19 heavy (non-hydrogen) atoms. The molecule has 0 saturated heterocycles. The Labute approximate surface area is 117 Å². The second-order valence-corrected chi connectivity index (χ2v) is 4.78. The summed E-state index contributed by atoms with van der Waals surface area (Å²) in [6.45, 7) is 1.75. The Kier molecular flexibility index (Phi) is 2.88. The van der Waals surface area contributed by atoms with Crippen LogP contribution in [0.4, 0.5) is 4.39 Å². The van der Waals surface area contributed by atoms with Gasteiger partial charge in [-0.1, -0.05) is 23.2 Å². The van der Waals surface area contributed by atoms with Crippen LogP contribution in [0.15, 0.2) is 24.3 Å². The molecule has 0 N–H and O–H groups in total. The average molecular weight is 297 g/mol. The van der Waals surface area contributed by atoms with E-state index in [4.69, 9.17) is 23.2 Å². The summed E-state index contributed by atoms with van der Waals surface area (Å²) in [6, 6.07) is 5.92. The van der Waals surface area contributed by atoms with Crippen molar-refractivity contribution in [2.75, 3.05) is 0 Å². The van der Waals surface area contributed by atoms with E-state index in [2.05, 4.69) is 15.1 Å². The van der Waals surface area contributed by atoms with Crippen molar-refractivity contribution < 1.29 is 4.39 Å². The molecule has 0 atom stereocenters. The van der Waals surface area contributed by atoms with Crippen LogP contribution in [0.1, 0.15) is 5.82 Å². The number of nitrogens with zero attached hydrogens (tertiary/aromatic N) is 4. The third-order valence-corrected chi connectivity index (χ3v) is 3.06. The lowest BCUT2D eigenvalue weighted by Crippen LogP contribution is -1.97. The van der Waals surface area contributed by atoms with Crippen LogP contribution in [0.2, 0.25) is 10.2 Å². The second kappa shape index (κ2) is 4.43. The minimum Gasteiger partial charge on any atom is -0.221 e. The maximum absolute atomic E-state index is 13.8. The number of aryl methyl sites for hydroxylation is 1. The normalized spacial score (nSPS) is 11.2. The van der Waals surface area contributed by atoms with Gasteiger partial charge in [-0.25, -0.2) is 14.4 Å². The highest BCUT2D eigenvalue weighted by Crippen LogP contribution is 2.23. The van der Waals surface area contributed by atoms with Crippen molar-refractivity contribution in [3.05, 3.63) is 46.1 Å². The molecule has 0 aliphatic carbocycles. The molecule has 0 radical (unpaired) electrons. The Balaban J connectivity index is 2.23. The Bertz CT molecular complexity index is 785. The first-order valence-electron chi connectivity index (χ1n) is 5.40. The standard InChI is InChI=1S/C12H7Cl2FN4/c1-6-16-10(14)5-11-17-12(18-19(6)11)8-3-2-7(13)4-9(8)15/h2-5H,1H3. The van der Waals surface area contributed by atoms with E-state index in [-0.39, 0.29) is 11.4 Å². The number of hydrogen-bond acceptors (Lipinski definition) is 3. The number of rotatable bonds is 1. The number of fused-ring (bicyclic) bond motifs is 1. The van der Waals surface area contributed by atoms with Gasteiger partial charge in [-0.3, -0.25) is 0 Å². The van der Waals surface area contributed by atoms with E-state index in [9.17, 15) is 4.39 Å². The zero-order chi connectivity index (χ0) is 13.6. The summed E-state index contributed by atoms with van der Waals surface area (Å²) in [6.07, 6.45) is 0. The van der Waals surface area contributed by atoms with Crippen molar-refractivity contribution in [1.29, 1.82) is 0 Å². The van der Waals surface area contributed by atoms with E-state index in [1.165, 1.54) is 16.6 Å². The largest absolute Gasteiger partial charge is 0.221 e. The van der Waals surface area contributed by atoms with E-state index in [0.29, 0.717) is 21.6 Å². The Morgan fingerprint density at radius 2 is 1.95 bits per heavy atom. The first-order valence-corrected chi connectivity index (χ1v) is 6.15. The smallest absolute Gasteiger partial charge is 0.185 e. The highest BCUT2D eigenvalue weighted by molar-refractivity contribution is 6.30. The first kappa shape index (κ1) is 12.3. The molecule has 7 heteroatoms. The molecule has 96 valence electrons. The van der Waals surface area contributed by atoms with Gasteiger partial charge in [-0.05, 0) is 25.1 Å². The van der Waals surface area contributed by atoms with Gasteiger partial charge in [-0.2, -0.15) is 4.52 Å². The average Bonchev–Trinajstić information content (AvgIpc) is 2.72. The van der Waals surface area contributed by atoms with Gasteiger partial charge in [0, 0.05) is 11.1 Å². The first-order chi connectivity index (χ1) is 9.04. The topological polar surface area (TPSA) is 43.1 Å². The molecule has 1 aromatic carbocycles. The third kappa shape index (κ3) is 2.15.